The van der Waals surface area contributed by atoms with Crippen LogP contribution in [0.2, 0.25) is 0 Å². The number of nitrogens with one attached hydrogen (secondary N) is 3. The molecular formula is C21H20N6. The standard InChI is InChI=1S/C21H20N6/c1-13-6-10-15(11-7-13)22-21-23-17-5-3-2-4-16(17)20(25-21)24-19-12-18(26-27-19)14-8-9-14/h2-7,10-12,14H,8-9H2,1H3,(H3,22,23,24,25,26,27). The van der Waals surface area contributed by atoms with E-state index in [0.29, 0.717) is 11.9 Å². The molecule has 6 heteroatoms. The van der Waals surface area contributed by atoms with Crippen LogP contribution in [0, 0.1) is 6.92 Å². The first-order valence-electron chi connectivity index (χ1n) is 9.17. The number of anilines is 4. The normalized spacial score (nSPS) is 13.7. The number of para-hydroxylation sites is 1. The second-order valence-electron chi connectivity index (χ2n) is 7.01. The highest BCUT2D eigenvalue weighted by atomic mass is 15.2. The van der Waals surface area contributed by atoms with Crippen molar-refractivity contribution in [2.75, 3.05) is 10.6 Å². The average Bonchev–Trinajstić information content (AvgIpc) is 3.43. The van der Waals surface area contributed by atoms with E-state index in [4.69, 9.17) is 4.98 Å². The summed E-state index contributed by atoms with van der Waals surface area (Å²) < 4.78 is 0. The Morgan fingerprint density at radius 2 is 1.78 bits per heavy atom. The lowest BCUT2D eigenvalue weighted by Gasteiger charge is -2.11. The third kappa shape index (κ3) is 3.33. The van der Waals surface area contributed by atoms with Crippen LogP contribution in [0.15, 0.2) is 54.6 Å². The molecule has 0 atom stereocenters. The van der Waals surface area contributed by atoms with Gasteiger partial charge in [-0.3, -0.25) is 5.10 Å². The van der Waals surface area contributed by atoms with Gasteiger partial charge in [-0.25, -0.2) is 4.98 Å². The fourth-order valence-electron chi connectivity index (χ4n) is 3.12. The molecule has 0 unspecified atom stereocenters. The second-order valence-corrected chi connectivity index (χ2v) is 7.01. The van der Waals surface area contributed by atoms with Crippen LogP contribution in [-0.2, 0) is 0 Å². The SMILES string of the molecule is Cc1ccc(Nc2nc(Nc3cc(C4CC4)[nH]n3)c3ccccc3n2)cc1. The Kier molecular flexibility index (Phi) is 3.74. The molecule has 2 aromatic carbocycles. The lowest BCUT2D eigenvalue weighted by atomic mass is 10.2. The summed E-state index contributed by atoms with van der Waals surface area (Å²) in [6.45, 7) is 2.07. The van der Waals surface area contributed by atoms with Crippen molar-refractivity contribution in [1.82, 2.24) is 20.2 Å². The van der Waals surface area contributed by atoms with Crippen LogP contribution >= 0.6 is 0 Å². The monoisotopic (exact) mass is 356 g/mol. The van der Waals surface area contributed by atoms with Gasteiger partial charge in [0.05, 0.1) is 5.52 Å². The van der Waals surface area contributed by atoms with Gasteiger partial charge in [0.1, 0.15) is 5.82 Å². The molecule has 0 amide bonds. The van der Waals surface area contributed by atoms with Crippen molar-refractivity contribution in [2.24, 2.45) is 0 Å². The maximum atomic E-state index is 4.70. The van der Waals surface area contributed by atoms with Crippen LogP contribution in [-0.4, -0.2) is 20.2 Å². The van der Waals surface area contributed by atoms with E-state index in [0.717, 1.165) is 28.2 Å². The minimum Gasteiger partial charge on any atom is -0.324 e. The molecular weight excluding hydrogens is 336 g/mol. The molecule has 6 nitrogen and oxygen atoms in total. The molecule has 0 bridgehead atoms. The minimum absolute atomic E-state index is 0.554. The van der Waals surface area contributed by atoms with Gasteiger partial charge in [0.2, 0.25) is 5.95 Å². The summed E-state index contributed by atoms with van der Waals surface area (Å²) in [4.78, 5) is 9.34. The number of fused-ring (bicyclic) bond motifs is 1. The first-order chi connectivity index (χ1) is 13.2. The fourth-order valence-corrected chi connectivity index (χ4v) is 3.12. The maximum absolute atomic E-state index is 4.70. The zero-order valence-corrected chi connectivity index (χ0v) is 15.0. The lowest BCUT2D eigenvalue weighted by molar-refractivity contribution is 0.966. The van der Waals surface area contributed by atoms with E-state index in [9.17, 15) is 0 Å². The van der Waals surface area contributed by atoms with Crippen LogP contribution in [0.1, 0.15) is 30.0 Å². The first kappa shape index (κ1) is 15.8. The Labute approximate surface area is 157 Å². The summed E-state index contributed by atoms with van der Waals surface area (Å²) in [6, 6.07) is 18.2. The molecule has 0 radical (unpaired) electrons. The number of aromatic amines is 1. The molecule has 4 aromatic rings. The highest BCUT2D eigenvalue weighted by molar-refractivity contribution is 5.91. The molecule has 2 aromatic heterocycles. The van der Waals surface area contributed by atoms with Gasteiger partial charge in [-0.2, -0.15) is 10.1 Å². The molecule has 2 heterocycles. The van der Waals surface area contributed by atoms with Gasteiger partial charge in [-0.15, -0.1) is 0 Å². The molecule has 1 fully saturated rings. The summed E-state index contributed by atoms with van der Waals surface area (Å²) in [5.41, 5.74) is 4.24. The number of nitrogens with zero attached hydrogens (tertiary/aromatic N) is 3. The Balaban J connectivity index is 1.49. The van der Waals surface area contributed by atoms with Gasteiger partial charge in [-0.1, -0.05) is 29.8 Å². The largest absolute Gasteiger partial charge is 0.324 e. The fraction of sp³-hybridized carbons (Fsp3) is 0.190. The minimum atomic E-state index is 0.554. The third-order valence-electron chi connectivity index (χ3n) is 4.77. The number of aryl methyl sites for hydroxylation is 1. The molecule has 0 spiro atoms. The predicted molar refractivity (Wildman–Crippen MR) is 108 cm³/mol. The maximum Gasteiger partial charge on any atom is 0.229 e. The van der Waals surface area contributed by atoms with Crippen molar-refractivity contribution in [1.29, 1.82) is 0 Å². The Morgan fingerprint density at radius 3 is 2.59 bits per heavy atom. The Hall–Kier alpha value is -3.41. The van der Waals surface area contributed by atoms with Crippen molar-refractivity contribution in [3.8, 4) is 0 Å². The van der Waals surface area contributed by atoms with E-state index in [2.05, 4.69) is 50.9 Å². The van der Waals surface area contributed by atoms with Gasteiger partial charge in [0.15, 0.2) is 5.82 Å². The smallest absolute Gasteiger partial charge is 0.229 e. The van der Waals surface area contributed by atoms with E-state index < -0.39 is 0 Å². The van der Waals surface area contributed by atoms with E-state index >= 15 is 0 Å². The quantitative estimate of drug-likeness (QED) is 0.468. The molecule has 5 rings (SSSR count). The molecule has 1 aliphatic carbocycles. The first-order valence-corrected chi connectivity index (χ1v) is 9.17. The molecule has 0 saturated heterocycles. The third-order valence-corrected chi connectivity index (χ3v) is 4.77. The summed E-state index contributed by atoms with van der Waals surface area (Å²) in [7, 11) is 0. The van der Waals surface area contributed by atoms with Gasteiger partial charge in [0.25, 0.3) is 0 Å². The number of aromatic nitrogens is 4. The molecule has 134 valence electrons. The number of hydrogen-bond acceptors (Lipinski definition) is 5. The number of rotatable bonds is 5. The number of H-pyrrole nitrogens is 1. The van der Waals surface area contributed by atoms with Crippen molar-refractivity contribution < 1.29 is 0 Å². The van der Waals surface area contributed by atoms with Gasteiger partial charge in [0, 0.05) is 28.8 Å². The van der Waals surface area contributed by atoms with Gasteiger partial charge in [-0.05, 0) is 44.0 Å². The van der Waals surface area contributed by atoms with Crippen molar-refractivity contribution in [3.05, 3.63) is 65.9 Å². The van der Waals surface area contributed by atoms with E-state index in [1.807, 2.05) is 36.4 Å². The van der Waals surface area contributed by atoms with Crippen LogP contribution < -0.4 is 10.6 Å². The Morgan fingerprint density at radius 1 is 0.963 bits per heavy atom. The molecule has 1 aliphatic rings. The molecule has 27 heavy (non-hydrogen) atoms. The summed E-state index contributed by atoms with van der Waals surface area (Å²) >= 11 is 0. The van der Waals surface area contributed by atoms with Crippen LogP contribution in [0.3, 0.4) is 0 Å². The summed E-state index contributed by atoms with van der Waals surface area (Å²) in [6.07, 6.45) is 2.48. The summed E-state index contributed by atoms with van der Waals surface area (Å²) in [5.74, 6) is 2.71. The number of benzene rings is 2. The van der Waals surface area contributed by atoms with E-state index in [1.54, 1.807) is 0 Å². The van der Waals surface area contributed by atoms with Crippen LogP contribution in [0.25, 0.3) is 10.9 Å². The average molecular weight is 356 g/mol. The second kappa shape index (κ2) is 6.39. The highest BCUT2D eigenvalue weighted by Gasteiger charge is 2.25. The molecule has 0 aliphatic heterocycles. The van der Waals surface area contributed by atoms with Crippen molar-refractivity contribution in [3.63, 3.8) is 0 Å². The zero-order chi connectivity index (χ0) is 18.2. The van der Waals surface area contributed by atoms with Crippen molar-refractivity contribution in [2.45, 2.75) is 25.7 Å². The van der Waals surface area contributed by atoms with Crippen molar-refractivity contribution >= 4 is 34.2 Å². The Bertz CT molecular complexity index is 1100. The topological polar surface area (TPSA) is 78.5 Å². The van der Waals surface area contributed by atoms with Gasteiger partial charge < -0.3 is 10.6 Å². The number of hydrogen-bond donors (Lipinski definition) is 3. The van der Waals surface area contributed by atoms with E-state index in [1.165, 1.54) is 24.1 Å². The summed E-state index contributed by atoms with van der Waals surface area (Å²) in [5, 5.41) is 15.1. The predicted octanol–water partition coefficient (Wildman–Crippen LogP) is 5.03. The van der Waals surface area contributed by atoms with Crippen LogP contribution in [0.5, 0.6) is 0 Å². The van der Waals surface area contributed by atoms with Crippen LogP contribution in [0.4, 0.5) is 23.3 Å². The lowest BCUT2D eigenvalue weighted by Crippen LogP contribution is -2.02. The highest BCUT2D eigenvalue weighted by Crippen LogP contribution is 2.39. The molecule has 3 N–H and O–H groups in total. The molecule has 1 saturated carbocycles. The van der Waals surface area contributed by atoms with E-state index in [-0.39, 0.29) is 0 Å². The van der Waals surface area contributed by atoms with Gasteiger partial charge >= 0.3 is 0 Å². The zero-order valence-electron chi connectivity index (χ0n) is 15.0.